The van der Waals surface area contributed by atoms with Crippen molar-refractivity contribution < 1.29 is 4.79 Å². The second-order valence-corrected chi connectivity index (χ2v) is 6.82. The molecule has 1 aromatic carbocycles. The van der Waals surface area contributed by atoms with Crippen molar-refractivity contribution in [2.75, 3.05) is 37.6 Å². The zero-order chi connectivity index (χ0) is 14.4. The van der Waals surface area contributed by atoms with Gasteiger partial charge in [0.05, 0.1) is 6.54 Å². The van der Waals surface area contributed by atoms with Gasteiger partial charge in [-0.3, -0.25) is 9.69 Å². The molecule has 2 saturated heterocycles. The van der Waals surface area contributed by atoms with E-state index in [1.54, 1.807) is 0 Å². The predicted octanol–water partition coefficient (Wildman–Crippen LogP) is 1.54. The van der Waals surface area contributed by atoms with Gasteiger partial charge in [-0.1, -0.05) is 18.2 Å². The molecule has 0 spiro atoms. The van der Waals surface area contributed by atoms with Crippen molar-refractivity contribution in [1.82, 2.24) is 10.2 Å². The van der Waals surface area contributed by atoms with E-state index in [-0.39, 0.29) is 18.3 Å². The molecule has 1 unspecified atom stereocenters. The summed E-state index contributed by atoms with van der Waals surface area (Å²) >= 11 is 0. The molecule has 0 aliphatic carbocycles. The van der Waals surface area contributed by atoms with Gasteiger partial charge >= 0.3 is 0 Å². The van der Waals surface area contributed by atoms with Gasteiger partial charge in [0.2, 0.25) is 5.91 Å². The Kier molecular flexibility index (Phi) is 4.44. The molecule has 2 fully saturated rings. The van der Waals surface area contributed by atoms with Gasteiger partial charge in [-0.15, -0.1) is 12.4 Å². The minimum atomic E-state index is 0. The normalized spacial score (nSPS) is 30.0. The number of nitrogens with one attached hydrogen (secondary N) is 1. The number of halogens is 1. The van der Waals surface area contributed by atoms with E-state index >= 15 is 0 Å². The lowest BCUT2D eigenvalue weighted by atomic mass is 10.0. The van der Waals surface area contributed by atoms with Crippen molar-refractivity contribution >= 4 is 24.0 Å². The summed E-state index contributed by atoms with van der Waals surface area (Å²) in [5.74, 6) is 1.77. The van der Waals surface area contributed by atoms with E-state index < -0.39 is 0 Å². The van der Waals surface area contributed by atoms with E-state index in [9.17, 15) is 4.79 Å². The maximum Gasteiger partial charge on any atom is 0.241 e. The Morgan fingerprint density at radius 1 is 1.23 bits per heavy atom. The summed E-state index contributed by atoms with van der Waals surface area (Å²) in [6.45, 7) is 7.13. The highest BCUT2D eigenvalue weighted by Crippen LogP contribution is 2.32. The van der Waals surface area contributed by atoms with Crippen molar-refractivity contribution in [2.24, 2.45) is 11.8 Å². The molecule has 3 aliphatic rings. The lowest BCUT2D eigenvalue weighted by molar-refractivity contribution is -0.119. The van der Waals surface area contributed by atoms with Gasteiger partial charge in [0, 0.05) is 24.8 Å². The molecule has 3 atom stereocenters. The number of amides is 1. The standard InChI is InChI=1S/C17H23N3O.ClH/c1-12-6-13-4-2-3-5-16(13)20(12)17(21)11-19-9-14-7-18-8-15(14)10-19;/h2-5,12,14-15,18H,6-11H2,1H3;1H/t12?,14-,15+;. The van der Waals surface area contributed by atoms with Crippen LogP contribution in [-0.2, 0) is 11.2 Å². The van der Waals surface area contributed by atoms with Crippen LogP contribution in [0.2, 0.25) is 0 Å². The number of hydrogen-bond acceptors (Lipinski definition) is 3. The van der Waals surface area contributed by atoms with Gasteiger partial charge in [0.15, 0.2) is 0 Å². The van der Waals surface area contributed by atoms with Crippen LogP contribution in [0, 0.1) is 11.8 Å². The number of carbonyl (C=O) groups excluding carboxylic acids is 1. The summed E-state index contributed by atoms with van der Waals surface area (Å²) in [7, 11) is 0. The number of carbonyl (C=O) groups is 1. The lowest BCUT2D eigenvalue weighted by Crippen LogP contribution is -2.43. The quantitative estimate of drug-likeness (QED) is 0.897. The molecule has 3 heterocycles. The summed E-state index contributed by atoms with van der Waals surface area (Å²) in [5, 5.41) is 3.45. The first-order valence-corrected chi connectivity index (χ1v) is 8.05. The highest BCUT2D eigenvalue weighted by molar-refractivity contribution is 5.97. The minimum Gasteiger partial charge on any atom is -0.316 e. The Balaban J connectivity index is 0.00000144. The molecule has 0 radical (unpaired) electrons. The number of hydrogen-bond donors (Lipinski definition) is 1. The summed E-state index contributed by atoms with van der Waals surface area (Å²) < 4.78 is 0. The molecular weight excluding hydrogens is 298 g/mol. The molecule has 0 saturated carbocycles. The lowest BCUT2D eigenvalue weighted by Gasteiger charge is -2.26. The maximum absolute atomic E-state index is 12.8. The average Bonchev–Trinajstić information content (AvgIpc) is 3.09. The van der Waals surface area contributed by atoms with Crippen LogP contribution >= 0.6 is 12.4 Å². The predicted molar refractivity (Wildman–Crippen MR) is 90.6 cm³/mol. The van der Waals surface area contributed by atoms with Crippen LogP contribution in [0.1, 0.15) is 12.5 Å². The van der Waals surface area contributed by atoms with E-state index in [2.05, 4.69) is 35.3 Å². The van der Waals surface area contributed by atoms with Crippen molar-refractivity contribution in [1.29, 1.82) is 0 Å². The van der Waals surface area contributed by atoms with E-state index in [1.165, 1.54) is 5.56 Å². The SMILES string of the molecule is CC1Cc2ccccc2N1C(=O)CN1C[C@H]2CNC[C@H]2C1.Cl. The maximum atomic E-state index is 12.8. The van der Waals surface area contributed by atoms with Crippen LogP contribution in [0.3, 0.4) is 0 Å². The summed E-state index contributed by atoms with van der Waals surface area (Å²) in [6, 6.07) is 8.61. The molecule has 3 aliphatic heterocycles. The van der Waals surface area contributed by atoms with E-state index in [4.69, 9.17) is 0 Å². The monoisotopic (exact) mass is 321 g/mol. The van der Waals surface area contributed by atoms with Crippen LogP contribution < -0.4 is 10.2 Å². The molecule has 1 N–H and O–H groups in total. The third kappa shape index (κ3) is 2.64. The fourth-order valence-corrected chi connectivity index (χ4v) is 4.29. The Labute approximate surface area is 138 Å². The van der Waals surface area contributed by atoms with Crippen LogP contribution in [-0.4, -0.2) is 49.6 Å². The van der Waals surface area contributed by atoms with Gasteiger partial charge in [-0.2, -0.15) is 0 Å². The number of benzene rings is 1. The number of nitrogens with zero attached hydrogens (tertiary/aromatic N) is 2. The van der Waals surface area contributed by atoms with Crippen LogP contribution in [0.25, 0.3) is 0 Å². The van der Waals surface area contributed by atoms with E-state index in [0.29, 0.717) is 12.6 Å². The highest BCUT2D eigenvalue weighted by atomic mass is 35.5. The first kappa shape index (κ1) is 15.8. The van der Waals surface area contributed by atoms with Crippen molar-refractivity contribution in [3.8, 4) is 0 Å². The number of likely N-dealkylation sites (tertiary alicyclic amines) is 1. The van der Waals surface area contributed by atoms with Crippen molar-refractivity contribution in [2.45, 2.75) is 19.4 Å². The third-order valence-electron chi connectivity index (χ3n) is 5.30. The minimum absolute atomic E-state index is 0. The van der Waals surface area contributed by atoms with E-state index in [0.717, 1.165) is 50.1 Å². The molecule has 0 bridgehead atoms. The van der Waals surface area contributed by atoms with Gasteiger partial charge in [0.25, 0.3) is 0 Å². The van der Waals surface area contributed by atoms with Gasteiger partial charge in [-0.25, -0.2) is 0 Å². The van der Waals surface area contributed by atoms with Gasteiger partial charge in [-0.05, 0) is 49.9 Å². The smallest absolute Gasteiger partial charge is 0.241 e. The number of rotatable bonds is 2. The largest absolute Gasteiger partial charge is 0.316 e. The number of fused-ring (bicyclic) bond motifs is 2. The van der Waals surface area contributed by atoms with Crippen LogP contribution in [0.4, 0.5) is 5.69 Å². The summed E-state index contributed by atoms with van der Waals surface area (Å²) in [6.07, 6.45) is 0.983. The van der Waals surface area contributed by atoms with Crippen molar-refractivity contribution in [3.63, 3.8) is 0 Å². The Morgan fingerprint density at radius 2 is 1.91 bits per heavy atom. The molecule has 22 heavy (non-hydrogen) atoms. The highest BCUT2D eigenvalue weighted by Gasteiger charge is 2.38. The second-order valence-electron chi connectivity index (χ2n) is 6.82. The molecule has 4 nitrogen and oxygen atoms in total. The number of anilines is 1. The first-order valence-electron chi connectivity index (χ1n) is 8.05. The topological polar surface area (TPSA) is 35.6 Å². The molecule has 0 aromatic heterocycles. The molecule has 120 valence electrons. The van der Waals surface area contributed by atoms with E-state index in [1.807, 2.05) is 11.0 Å². The molecule has 4 rings (SSSR count). The molecule has 1 aromatic rings. The van der Waals surface area contributed by atoms with Crippen LogP contribution in [0.5, 0.6) is 0 Å². The Bertz CT molecular complexity index is 553. The molecular formula is C17H24ClN3O. The number of para-hydroxylation sites is 1. The average molecular weight is 322 g/mol. The fourth-order valence-electron chi connectivity index (χ4n) is 4.29. The Hall–Kier alpha value is -1.10. The molecule has 5 heteroatoms. The molecule has 1 amide bonds. The van der Waals surface area contributed by atoms with Gasteiger partial charge in [0.1, 0.15) is 0 Å². The van der Waals surface area contributed by atoms with Crippen LogP contribution in [0.15, 0.2) is 24.3 Å². The second kappa shape index (κ2) is 6.19. The first-order chi connectivity index (χ1) is 10.2. The zero-order valence-corrected chi connectivity index (χ0v) is 13.8. The van der Waals surface area contributed by atoms with Gasteiger partial charge < -0.3 is 10.2 Å². The zero-order valence-electron chi connectivity index (χ0n) is 13.0. The Morgan fingerprint density at radius 3 is 2.64 bits per heavy atom. The third-order valence-corrected chi connectivity index (χ3v) is 5.30. The summed E-state index contributed by atoms with van der Waals surface area (Å²) in [5.41, 5.74) is 2.43. The van der Waals surface area contributed by atoms with Crippen molar-refractivity contribution in [3.05, 3.63) is 29.8 Å². The fraction of sp³-hybridized carbons (Fsp3) is 0.588. The summed E-state index contributed by atoms with van der Waals surface area (Å²) in [4.78, 5) is 17.1.